The molecule has 2 aromatic carbocycles. The van der Waals surface area contributed by atoms with Crippen molar-refractivity contribution in [3.8, 4) is 5.75 Å². The average molecular weight is 383 g/mol. The molecule has 0 fully saturated rings. The number of benzene rings is 2. The van der Waals surface area contributed by atoms with E-state index in [0.717, 1.165) is 5.56 Å². The van der Waals surface area contributed by atoms with E-state index in [1.165, 1.54) is 12.1 Å². The van der Waals surface area contributed by atoms with Gasteiger partial charge in [0.2, 0.25) is 10.0 Å². The zero-order chi connectivity index (χ0) is 18.4. The van der Waals surface area contributed by atoms with Gasteiger partial charge in [0.05, 0.1) is 5.02 Å². The Hall–Kier alpha value is -2.09. The lowest BCUT2D eigenvalue weighted by Gasteiger charge is -2.13. The molecule has 0 saturated heterocycles. The van der Waals surface area contributed by atoms with Gasteiger partial charge in [-0.05, 0) is 30.5 Å². The van der Waals surface area contributed by atoms with Crippen LogP contribution in [0, 0.1) is 6.92 Å². The summed E-state index contributed by atoms with van der Waals surface area (Å²) in [4.78, 5) is 10.7. The van der Waals surface area contributed by atoms with Crippen LogP contribution in [0.5, 0.6) is 5.75 Å². The minimum Gasteiger partial charge on any atom is -0.483 e. The highest BCUT2D eigenvalue weighted by molar-refractivity contribution is 7.89. The predicted molar refractivity (Wildman–Crippen MR) is 96.2 cm³/mol. The van der Waals surface area contributed by atoms with Gasteiger partial charge in [-0.15, -0.1) is 0 Å². The highest BCUT2D eigenvalue weighted by Gasteiger charge is 2.20. The van der Waals surface area contributed by atoms with E-state index in [2.05, 4.69) is 4.72 Å². The Kier molecular flexibility index (Phi) is 6.41. The Morgan fingerprint density at radius 1 is 1.24 bits per heavy atom. The summed E-state index contributed by atoms with van der Waals surface area (Å²) in [6.07, 6.45) is 0.550. The SMILES string of the molecule is Cc1cc(Cl)c(S(=O)(=O)NCCc2ccccc2)cc1OCC(N)=O. The molecule has 0 unspecified atom stereocenters. The summed E-state index contributed by atoms with van der Waals surface area (Å²) in [5, 5.41) is 0.0798. The molecule has 0 aliphatic rings. The Balaban J connectivity index is 2.14. The molecular weight excluding hydrogens is 364 g/mol. The molecule has 25 heavy (non-hydrogen) atoms. The fourth-order valence-corrected chi connectivity index (χ4v) is 3.82. The van der Waals surface area contributed by atoms with Gasteiger partial charge in [-0.1, -0.05) is 41.9 Å². The second-order valence-corrected chi connectivity index (χ2v) is 7.58. The number of rotatable bonds is 8. The van der Waals surface area contributed by atoms with Crippen molar-refractivity contribution in [2.45, 2.75) is 18.2 Å². The molecule has 3 N–H and O–H groups in total. The van der Waals surface area contributed by atoms with Crippen molar-refractivity contribution in [1.29, 1.82) is 0 Å². The highest BCUT2D eigenvalue weighted by Crippen LogP contribution is 2.29. The smallest absolute Gasteiger partial charge is 0.255 e. The molecule has 0 aromatic heterocycles. The monoisotopic (exact) mass is 382 g/mol. The molecule has 1 amide bonds. The summed E-state index contributed by atoms with van der Waals surface area (Å²) in [6.45, 7) is 1.58. The minimum atomic E-state index is -3.82. The van der Waals surface area contributed by atoms with Crippen molar-refractivity contribution in [3.05, 3.63) is 58.6 Å². The van der Waals surface area contributed by atoms with E-state index >= 15 is 0 Å². The fourth-order valence-electron chi connectivity index (χ4n) is 2.20. The summed E-state index contributed by atoms with van der Waals surface area (Å²) in [5.41, 5.74) is 6.67. The highest BCUT2D eigenvalue weighted by atomic mass is 35.5. The fraction of sp³-hybridized carbons (Fsp3) is 0.235. The quantitative estimate of drug-likeness (QED) is 0.729. The van der Waals surface area contributed by atoms with Crippen LogP contribution >= 0.6 is 11.6 Å². The zero-order valence-corrected chi connectivity index (χ0v) is 15.2. The van der Waals surface area contributed by atoms with Crippen molar-refractivity contribution in [1.82, 2.24) is 4.72 Å². The summed E-state index contributed by atoms with van der Waals surface area (Å²) in [5.74, 6) is -0.411. The number of halogens is 1. The number of hydrogen-bond donors (Lipinski definition) is 2. The van der Waals surface area contributed by atoms with Crippen LogP contribution in [-0.4, -0.2) is 27.5 Å². The number of nitrogens with two attached hydrogens (primary N) is 1. The number of amides is 1. The van der Waals surface area contributed by atoms with Gasteiger partial charge >= 0.3 is 0 Å². The second-order valence-electron chi connectivity index (χ2n) is 5.44. The summed E-state index contributed by atoms with van der Waals surface area (Å²) in [6, 6.07) is 12.3. The first-order valence-electron chi connectivity index (χ1n) is 7.54. The number of primary amides is 1. The molecule has 2 aromatic rings. The lowest BCUT2D eigenvalue weighted by molar-refractivity contribution is -0.119. The molecule has 0 aliphatic heterocycles. The number of aryl methyl sites for hydroxylation is 1. The van der Waals surface area contributed by atoms with Gasteiger partial charge < -0.3 is 10.5 Å². The molecule has 0 spiro atoms. The van der Waals surface area contributed by atoms with E-state index in [4.69, 9.17) is 22.1 Å². The van der Waals surface area contributed by atoms with Crippen LogP contribution in [0.2, 0.25) is 5.02 Å². The standard InChI is InChI=1S/C17H19ClN2O4S/c1-12-9-14(18)16(10-15(12)24-11-17(19)21)25(22,23)20-8-7-13-5-3-2-4-6-13/h2-6,9-10,20H,7-8,11H2,1H3,(H2,19,21). The average Bonchev–Trinajstić information content (AvgIpc) is 2.54. The number of carbonyl (C=O) groups is 1. The van der Waals surface area contributed by atoms with Gasteiger partial charge in [0.1, 0.15) is 10.6 Å². The predicted octanol–water partition coefficient (Wildman–Crippen LogP) is 2.03. The molecule has 0 bridgehead atoms. The van der Waals surface area contributed by atoms with E-state index in [9.17, 15) is 13.2 Å². The number of carbonyl (C=O) groups excluding carboxylic acids is 1. The van der Waals surface area contributed by atoms with Crippen molar-refractivity contribution in [2.24, 2.45) is 5.73 Å². The topological polar surface area (TPSA) is 98.5 Å². The normalized spacial score (nSPS) is 11.3. The van der Waals surface area contributed by atoms with Crippen molar-refractivity contribution < 1.29 is 17.9 Å². The molecule has 6 nitrogen and oxygen atoms in total. The van der Waals surface area contributed by atoms with Gasteiger partial charge in [-0.2, -0.15) is 0 Å². The van der Waals surface area contributed by atoms with Gasteiger partial charge in [0, 0.05) is 12.6 Å². The lowest BCUT2D eigenvalue weighted by atomic mass is 10.2. The maximum Gasteiger partial charge on any atom is 0.255 e. The van der Waals surface area contributed by atoms with Gasteiger partial charge in [0.15, 0.2) is 6.61 Å². The molecule has 8 heteroatoms. The van der Waals surface area contributed by atoms with Crippen LogP contribution in [0.4, 0.5) is 0 Å². The second kappa shape index (κ2) is 8.33. The summed E-state index contributed by atoms with van der Waals surface area (Å²) >= 11 is 6.08. The Morgan fingerprint density at radius 3 is 2.56 bits per heavy atom. The summed E-state index contributed by atoms with van der Waals surface area (Å²) in [7, 11) is -3.82. The number of nitrogens with one attached hydrogen (secondary N) is 1. The zero-order valence-electron chi connectivity index (χ0n) is 13.7. The molecule has 0 aliphatic carbocycles. The first kappa shape index (κ1) is 19.2. The van der Waals surface area contributed by atoms with Gasteiger partial charge in [-0.3, -0.25) is 4.79 Å². The molecule has 0 heterocycles. The number of sulfonamides is 1. The Labute approximate surface area is 152 Å². The number of hydrogen-bond acceptors (Lipinski definition) is 4. The first-order chi connectivity index (χ1) is 11.8. The Morgan fingerprint density at radius 2 is 1.92 bits per heavy atom. The van der Waals surface area contributed by atoms with Crippen LogP contribution < -0.4 is 15.2 Å². The minimum absolute atomic E-state index is 0.0798. The number of ether oxygens (including phenoxy) is 1. The van der Waals surface area contributed by atoms with Gasteiger partial charge in [0.25, 0.3) is 5.91 Å². The maximum absolute atomic E-state index is 12.5. The van der Waals surface area contributed by atoms with Crippen molar-refractivity contribution in [2.75, 3.05) is 13.2 Å². The van der Waals surface area contributed by atoms with Crippen molar-refractivity contribution in [3.63, 3.8) is 0 Å². The summed E-state index contributed by atoms with van der Waals surface area (Å²) < 4.78 is 32.8. The molecule has 0 radical (unpaired) electrons. The first-order valence-corrected chi connectivity index (χ1v) is 9.40. The third-order valence-electron chi connectivity index (χ3n) is 3.44. The van der Waals surface area contributed by atoms with Crippen LogP contribution in [-0.2, 0) is 21.2 Å². The molecule has 0 atom stereocenters. The lowest BCUT2D eigenvalue weighted by Crippen LogP contribution is -2.26. The molecular formula is C17H19ClN2O4S. The van der Waals surface area contributed by atoms with E-state index in [1.807, 2.05) is 30.3 Å². The van der Waals surface area contributed by atoms with Gasteiger partial charge in [-0.25, -0.2) is 13.1 Å². The third-order valence-corrected chi connectivity index (χ3v) is 5.36. The van der Waals surface area contributed by atoms with E-state index in [-0.39, 0.29) is 28.8 Å². The van der Waals surface area contributed by atoms with Crippen LogP contribution in [0.1, 0.15) is 11.1 Å². The molecule has 2 rings (SSSR count). The van der Waals surface area contributed by atoms with E-state index < -0.39 is 15.9 Å². The molecule has 0 saturated carbocycles. The Bertz CT molecular complexity index is 854. The maximum atomic E-state index is 12.5. The largest absolute Gasteiger partial charge is 0.483 e. The van der Waals surface area contributed by atoms with Crippen LogP contribution in [0.25, 0.3) is 0 Å². The van der Waals surface area contributed by atoms with Crippen LogP contribution in [0.15, 0.2) is 47.4 Å². The third kappa shape index (κ3) is 5.45. The van der Waals surface area contributed by atoms with E-state index in [0.29, 0.717) is 12.0 Å². The van der Waals surface area contributed by atoms with Crippen LogP contribution in [0.3, 0.4) is 0 Å². The van der Waals surface area contributed by atoms with E-state index in [1.54, 1.807) is 6.92 Å². The molecule has 134 valence electrons. The van der Waals surface area contributed by atoms with Crippen molar-refractivity contribution >= 4 is 27.5 Å².